The van der Waals surface area contributed by atoms with Gasteiger partial charge in [-0.25, -0.2) is 0 Å². The zero-order valence-electron chi connectivity index (χ0n) is 16.9. The summed E-state index contributed by atoms with van der Waals surface area (Å²) < 4.78 is 10.6. The number of nitrogens with one attached hydrogen (secondary N) is 3. The molecular formula is C21H25N3O5. The standard InChI is InChI=1S/C21H25N3O5/c1-5-29-17-10-9-16(12-18(17)28-4)21(27)24-23-19(25)14(3)22-20(26)15-8-6-7-13(2)11-15/h6-12,14H,5H2,1-4H3,(H,22,26)(H,23,25)(H,24,27)/t14-/m0/s1. The summed E-state index contributed by atoms with van der Waals surface area (Å²) >= 11 is 0. The number of hydrogen-bond acceptors (Lipinski definition) is 5. The Morgan fingerprint density at radius 2 is 1.69 bits per heavy atom. The largest absolute Gasteiger partial charge is 0.493 e. The maximum Gasteiger partial charge on any atom is 0.269 e. The van der Waals surface area contributed by atoms with Crippen LogP contribution in [0.15, 0.2) is 42.5 Å². The molecule has 0 heterocycles. The van der Waals surface area contributed by atoms with Gasteiger partial charge in [0.2, 0.25) is 0 Å². The van der Waals surface area contributed by atoms with Gasteiger partial charge in [0, 0.05) is 11.1 Å². The number of benzene rings is 2. The number of rotatable bonds is 7. The van der Waals surface area contributed by atoms with Gasteiger partial charge in [-0.1, -0.05) is 17.7 Å². The lowest BCUT2D eigenvalue weighted by Gasteiger charge is -2.15. The third-order valence-electron chi connectivity index (χ3n) is 4.05. The second-order valence-electron chi connectivity index (χ2n) is 6.31. The molecule has 0 spiro atoms. The fraction of sp³-hybridized carbons (Fsp3) is 0.286. The van der Waals surface area contributed by atoms with Crippen LogP contribution in [0.25, 0.3) is 0 Å². The van der Waals surface area contributed by atoms with Crippen LogP contribution in [0, 0.1) is 6.92 Å². The SMILES string of the molecule is CCOc1ccc(C(=O)NNC(=O)[C@H](C)NC(=O)c2cccc(C)c2)cc1OC. The van der Waals surface area contributed by atoms with Crippen molar-refractivity contribution in [2.45, 2.75) is 26.8 Å². The molecule has 154 valence electrons. The Morgan fingerprint density at radius 1 is 0.966 bits per heavy atom. The molecule has 3 N–H and O–H groups in total. The van der Waals surface area contributed by atoms with Crippen molar-refractivity contribution in [1.29, 1.82) is 0 Å². The minimum Gasteiger partial charge on any atom is -0.493 e. The normalized spacial score (nSPS) is 11.2. The topological polar surface area (TPSA) is 106 Å². The zero-order valence-corrected chi connectivity index (χ0v) is 16.9. The Hall–Kier alpha value is -3.55. The van der Waals surface area contributed by atoms with Gasteiger partial charge in [0.1, 0.15) is 6.04 Å². The number of carbonyl (C=O) groups is 3. The average molecular weight is 399 g/mol. The smallest absolute Gasteiger partial charge is 0.269 e. The highest BCUT2D eigenvalue weighted by atomic mass is 16.5. The highest BCUT2D eigenvalue weighted by Gasteiger charge is 2.18. The summed E-state index contributed by atoms with van der Waals surface area (Å²) in [6.45, 7) is 5.70. The molecule has 0 aliphatic rings. The van der Waals surface area contributed by atoms with Gasteiger partial charge in [0.05, 0.1) is 13.7 Å². The molecule has 0 aromatic heterocycles. The van der Waals surface area contributed by atoms with Crippen LogP contribution in [0.4, 0.5) is 0 Å². The van der Waals surface area contributed by atoms with Crippen LogP contribution in [0.1, 0.15) is 40.1 Å². The van der Waals surface area contributed by atoms with Crippen molar-refractivity contribution in [2.75, 3.05) is 13.7 Å². The van der Waals surface area contributed by atoms with Crippen molar-refractivity contribution in [1.82, 2.24) is 16.2 Å². The van der Waals surface area contributed by atoms with Crippen molar-refractivity contribution in [3.05, 3.63) is 59.2 Å². The van der Waals surface area contributed by atoms with E-state index in [4.69, 9.17) is 9.47 Å². The number of carbonyl (C=O) groups excluding carboxylic acids is 3. The number of methoxy groups -OCH3 is 1. The first kappa shape index (κ1) is 21.7. The molecule has 2 aromatic carbocycles. The first-order valence-corrected chi connectivity index (χ1v) is 9.14. The van der Waals surface area contributed by atoms with E-state index in [0.29, 0.717) is 23.7 Å². The van der Waals surface area contributed by atoms with Crippen LogP contribution in [0.5, 0.6) is 11.5 Å². The van der Waals surface area contributed by atoms with Crippen molar-refractivity contribution in [3.8, 4) is 11.5 Å². The first-order valence-electron chi connectivity index (χ1n) is 9.14. The van der Waals surface area contributed by atoms with E-state index in [1.807, 2.05) is 19.9 Å². The Balaban J connectivity index is 1.92. The minimum absolute atomic E-state index is 0.280. The molecular weight excluding hydrogens is 374 g/mol. The Labute approximate surface area is 169 Å². The van der Waals surface area contributed by atoms with E-state index in [-0.39, 0.29) is 11.5 Å². The minimum atomic E-state index is -0.849. The van der Waals surface area contributed by atoms with Gasteiger partial charge in [0.25, 0.3) is 17.7 Å². The molecule has 2 aromatic rings. The van der Waals surface area contributed by atoms with Gasteiger partial charge < -0.3 is 14.8 Å². The summed E-state index contributed by atoms with van der Waals surface area (Å²) in [6, 6.07) is 10.9. The fourth-order valence-corrected chi connectivity index (χ4v) is 2.51. The van der Waals surface area contributed by atoms with Crippen molar-refractivity contribution < 1.29 is 23.9 Å². The van der Waals surface area contributed by atoms with Crippen LogP contribution in [-0.4, -0.2) is 37.5 Å². The average Bonchev–Trinajstić information content (AvgIpc) is 2.72. The molecule has 0 fully saturated rings. The third-order valence-corrected chi connectivity index (χ3v) is 4.05. The predicted octanol–water partition coefficient (Wildman–Crippen LogP) is 1.98. The molecule has 0 aliphatic heterocycles. The van der Waals surface area contributed by atoms with Gasteiger partial charge in [-0.05, 0) is 51.1 Å². The first-order chi connectivity index (χ1) is 13.8. The number of hydrogen-bond donors (Lipinski definition) is 3. The number of aryl methyl sites for hydroxylation is 1. The molecule has 8 heteroatoms. The van der Waals surface area contributed by atoms with E-state index in [0.717, 1.165) is 5.56 Å². The Morgan fingerprint density at radius 3 is 2.34 bits per heavy atom. The number of amides is 3. The number of ether oxygens (including phenoxy) is 2. The lowest BCUT2D eigenvalue weighted by atomic mass is 10.1. The van der Waals surface area contributed by atoms with Crippen molar-refractivity contribution in [2.24, 2.45) is 0 Å². The maximum atomic E-state index is 12.3. The quantitative estimate of drug-likeness (QED) is 0.618. The lowest BCUT2D eigenvalue weighted by molar-refractivity contribution is -0.123. The molecule has 1 atom stereocenters. The monoisotopic (exact) mass is 399 g/mol. The third kappa shape index (κ3) is 5.97. The lowest BCUT2D eigenvalue weighted by Crippen LogP contribution is -2.51. The molecule has 0 saturated heterocycles. The van der Waals surface area contributed by atoms with Crippen LogP contribution in [0.2, 0.25) is 0 Å². The van der Waals surface area contributed by atoms with E-state index >= 15 is 0 Å². The van der Waals surface area contributed by atoms with E-state index in [2.05, 4.69) is 16.2 Å². The molecule has 8 nitrogen and oxygen atoms in total. The summed E-state index contributed by atoms with van der Waals surface area (Å²) in [5, 5.41) is 2.59. The van der Waals surface area contributed by atoms with E-state index in [1.165, 1.54) is 20.1 Å². The molecule has 29 heavy (non-hydrogen) atoms. The van der Waals surface area contributed by atoms with E-state index < -0.39 is 17.9 Å². The zero-order chi connectivity index (χ0) is 21.4. The Bertz CT molecular complexity index is 898. The predicted molar refractivity (Wildman–Crippen MR) is 108 cm³/mol. The van der Waals surface area contributed by atoms with Gasteiger partial charge in [0.15, 0.2) is 11.5 Å². The van der Waals surface area contributed by atoms with Crippen LogP contribution in [0.3, 0.4) is 0 Å². The van der Waals surface area contributed by atoms with E-state index in [9.17, 15) is 14.4 Å². The highest BCUT2D eigenvalue weighted by molar-refractivity contribution is 5.99. The highest BCUT2D eigenvalue weighted by Crippen LogP contribution is 2.27. The Kier molecular flexibility index (Phi) is 7.59. The van der Waals surface area contributed by atoms with Crippen molar-refractivity contribution >= 4 is 17.7 Å². The second kappa shape index (κ2) is 10.1. The summed E-state index contributed by atoms with van der Waals surface area (Å²) in [5.74, 6) is -0.541. The molecule has 0 unspecified atom stereocenters. The molecule has 0 aliphatic carbocycles. The summed E-state index contributed by atoms with van der Waals surface area (Å²) in [7, 11) is 1.47. The molecule has 3 amide bonds. The van der Waals surface area contributed by atoms with Gasteiger partial charge in [-0.2, -0.15) is 0 Å². The summed E-state index contributed by atoms with van der Waals surface area (Å²) in [6.07, 6.45) is 0. The van der Waals surface area contributed by atoms with Crippen LogP contribution < -0.4 is 25.6 Å². The van der Waals surface area contributed by atoms with Crippen molar-refractivity contribution in [3.63, 3.8) is 0 Å². The number of hydrazine groups is 1. The van der Waals surface area contributed by atoms with Crippen LogP contribution >= 0.6 is 0 Å². The van der Waals surface area contributed by atoms with Crippen LogP contribution in [-0.2, 0) is 4.79 Å². The van der Waals surface area contributed by atoms with Gasteiger partial charge in [-0.15, -0.1) is 0 Å². The molecule has 2 rings (SSSR count). The fourth-order valence-electron chi connectivity index (χ4n) is 2.51. The maximum absolute atomic E-state index is 12.3. The summed E-state index contributed by atoms with van der Waals surface area (Å²) in [4.78, 5) is 36.7. The second-order valence-corrected chi connectivity index (χ2v) is 6.31. The molecule has 0 bridgehead atoms. The van der Waals surface area contributed by atoms with Gasteiger partial charge >= 0.3 is 0 Å². The summed E-state index contributed by atoms with van der Waals surface area (Å²) in [5.41, 5.74) is 6.29. The molecule has 0 saturated carbocycles. The van der Waals surface area contributed by atoms with Gasteiger partial charge in [-0.3, -0.25) is 25.2 Å². The molecule has 0 radical (unpaired) electrons. The van der Waals surface area contributed by atoms with E-state index in [1.54, 1.807) is 30.3 Å².